The monoisotopic (exact) mass is 472 g/mol. The van der Waals surface area contributed by atoms with Crippen LogP contribution in [0.15, 0.2) is 48.7 Å². The molecule has 0 aliphatic carbocycles. The van der Waals surface area contributed by atoms with Crippen LogP contribution in [0.2, 0.25) is 0 Å². The molecule has 1 aromatic carbocycles. The fourth-order valence-electron chi connectivity index (χ4n) is 3.20. The summed E-state index contributed by atoms with van der Waals surface area (Å²) < 4.78 is 18.7. The van der Waals surface area contributed by atoms with Crippen LogP contribution in [0.5, 0.6) is 0 Å². The first kappa shape index (κ1) is 26.9. The molecular weight excluding hydrogens is 439 g/mol. The molecule has 1 atom stereocenters. The van der Waals surface area contributed by atoms with Crippen molar-refractivity contribution in [3.8, 4) is 0 Å². The van der Waals surface area contributed by atoms with Gasteiger partial charge in [-0.1, -0.05) is 25.1 Å². The first-order chi connectivity index (χ1) is 16.2. The van der Waals surface area contributed by atoms with E-state index in [2.05, 4.69) is 15.6 Å². The summed E-state index contributed by atoms with van der Waals surface area (Å²) in [5.74, 6) is -1.21. The van der Waals surface area contributed by atoms with Gasteiger partial charge in [-0.05, 0) is 50.1 Å². The number of hydrogen-bond donors (Lipinski definition) is 2. The molecule has 0 radical (unpaired) electrons. The molecule has 1 aromatic heterocycles. The van der Waals surface area contributed by atoms with Gasteiger partial charge in [-0.25, -0.2) is 9.37 Å². The second-order valence-corrected chi connectivity index (χ2v) is 8.52. The molecule has 1 heterocycles. The zero-order chi connectivity index (χ0) is 25.1. The van der Waals surface area contributed by atoms with Gasteiger partial charge in [0.25, 0.3) is 0 Å². The highest BCUT2D eigenvalue weighted by molar-refractivity contribution is 5.94. The molecule has 3 amide bonds. The molecule has 2 aromatic rings. The second kappa shape index (κ2) is 12.8. The Hall–Kier alpha value is -3.33. The van der Waals surface area contributed by atoms with Crippen molar-refractivity contribution < 1.29 is 23.5 Å². The average Bonchev–Trinajstić information content (AvgIpc) is 2.81. The van der Waals surface area contributed by atoms with Gasteiger partial charge in [0.15, 0.2) is 0 Å². The minimum atomic E-state index is -1.01. The molecule has 2 N–H and O–H groups in total. The Balaban J connectivity index is 2.25. The molecule has 34 heavy (non-hydrogen) atoms. The molecule has 0 fully saturated rings. The number of hydrogen-bond acceptors (Lipinski definition) is 5. The molecule has 8 nitrogen and oxygen atoms in total. The largest absolute Gasteiger partial charge is 0.383 e. The van der Waals surface area contributed by atoms with Crippen LogP contribution in [0.1, 0.15) is 51.6 Å². The van der Waals surface area contributed by atoms with Crippen molar-refractivity contribution >= 4 is 23.5 Å². The molecule has 0 bridgehead atoms. The third-order valence-electron chi connectivity index (χ3n) is 5.45. The Morgan fingerprint density at radius 2 is 1.82 bits per heavy atom. The zero-order valence-corrected chi connectivity index (χ0v) is 20.1. The third-order valence-corrected chi connectivity index (χ3v) is 5.45. The Morgan fingerprint density at radius 3 is 2.41 bits per heavy atom. The lowest BCUT2D eigenvalue weighted by atomic mass is 9.98. The van der Waals surface area contributed by atoms with Crippen LogP contribution in [0, 0.1) is 5.82 Å². The van der Waals surface area contributed by atoms with E-state index in [1.54, 1.807) is 24.4 Å². The summed E-state index contributed by atoms with van der Waals surface area (Å²) in [5, 5.41) is 5.62. The van der Waals surface area contributed by atoms with Crippen molar-refractivity contribution in [2.45, 2.75) is 51.6 Å². The van der Waals surface area contributed by atoms with Crippen LogP contribution in [0.4, 0.5) is 10.2 Å². The van der Waals surface area contributed by atoms with E-state index in [0.29, 0.717) is 17.8 Å². The normalized spacial score (nSPS) is 12.0. The minimum absolute atomic E-state index is 0.0862. The summed E-state index contributed by atoms with van der Waals surface area (Å²) in [5.41, 5.74) is -0.0401. The Bertz CT molecular complexity index is 951. The van der Waals surface area contributed by atoms with Gasteiger partial charge >= 0.3 is 0 Å². The van der Waals surface area contributed by atoms with Crippen molar-refractivity contribution in [1.29, 1.82) is 0 Å². The summed E-state index contributed by atoms with van der Waals surface area (Å²) >= 11 is 0. The van der Waals surface area contributed by atoms with E-state index in [9.17, 15) is 18.8 Å². The van der Waals surface area contributed by atoms with Gasteiger partial charge in [-0.2, -0.15) is 0 Å². The molecule has 184 valence electrons. The molecular formula is C25H33FN4O4. The number of methoxy groups -OCH3 is 1. The molecule has 2 rings (SSSR count). The van der Waals surface area contributed by atoms with Crippen molar-refractivity contribution in [2.75, 3.05) is 25.6 Å². The first-order valence-corrected chi connectivity index (χ1v) is 11.2. The zero-order valence-electron chi connectivity index (χ0n) is 20.1. The van der Waals surface area contributed by atoms with E-state index in [1.165, 1.54) is 36.3 Å². The highest BCUT2D eigenvalue weighted by Gasteiger charge is 2.33. The molecule has 0 unspecified atom stereocenters. The van der Waals surface area contributed by atoms with Crippen LogP contribution in [0.25, 0.3) is 0 Å². The van der Waals surface area contributed by atoms with Crippen molar-refractivity contribution in [3.63, 3.8) is 0 Å². The molecule has 9 heteroatoms. The molecule has 0 saturated carbocycles. The quantitative estimate of drug-likeness (QED) is 0.493. The lowest BCUT2D eigenvalue weighted by molar-refractivity contribution is -0.142. The fourth-order valence-corrected chi connectivity index (χ4v) is 3.20. The highest BCUT2D eigenvalue weighted by Crippen LogP contribution is 2.24. The Kier molecular flexibility index (Phi) is 10.1. The lowest BCUT2D eigenvalue weighted by Gasteiger charge is -2.34. The van der Waals surface area contributed by atoms with E-state index in [0.717, 1.165) is 0 Å². The molecule has 0 saturated heterocycles. The van der Waals surface area contributed by atoms with Crippen molar-refractivity contribution in [2.24, 2.45) is 0 Å². The van der Waals surface area contributed by atoms with Crippen LogP contribution in [-0.2, 0) is 19.1 Å². The minimum Gasteiger partial charge on any atom is -0.383 e. The van der Waals surface area contributed by atoms with E-state index in [-0.39, 0.29) is 37.8 Å². The Morgan fingerprint density at radius 1 is 1.12 bits per heavy atom. The predicted octanol–water partition coefficient (Wildman–Crippen LogP) is 3.46. The molecule has 0 spiro atoms. The molecule has 0 aliphatic rings. The van der Waals surface area contributed by atoms with Crippen LogP contribution >= 0.6 is 0 Å². The van der Waals surface area contributed by atoms with Crippen LogP contribution < -0.4 is 10.6 Å². The summed E-state index contributed by atoms with van der Waals surface area (Å²) in [7, 11) is 1.50. The number of benzene rings is 1. The molecule has 0 aliphatic heterocycles. The summed E-state index contributed by atoms with van der Waals surface area (Å²) in [6, 6.07) is 9.58. The number of amides is 3. The summed E-state index contributed by atoms with van der Waals surface area (Å²) in [6.45, 7) is 6.03. The van der Waals surface area contributed by atoms with Crippen LogP contribution in [0.3, 0.4) is 0 Å². The van der Waals surface area contributed by atoms with E-state index in [1.807, 2.05) is 20.8 Å². The predicted molar refractivity (Wildman–Crippen MR) is 127 cm³/mol. The van der Waals surface area contributed by atoms with Crippen molar-refractivity contribution in [1.82, 2.24) is 15.2 Å². The summed E-state index contributed by atoms with van der Waals surface area (Å²) in [6.07, 6.45) is 2.02. The number of halogens is 1. The van der Waals surface area contributed by atoms with E-state index in [4.69, 9.17) is 4.74 Å². The highest BCUT2D eigenvalue weighted by atomic mass is 19.1. The van der Waals surface area contributed by atoms with E-state index < -0.39 is 23.3 Å². The van der Waals surface area contributed by atoms with Gasteiger partial charge in [0, 0.05) is 38.2 Å². The first-order valence-electron chi connectivity index (χ1n) is 11.2. The SMILES string of the molecule is CCC(C)(C)NC(=O)[C@@H](c1ccc(F)cc1)N(CCOC)C(=O)CCC(=O)Nc1ccccn1. The lowest BCUT2D eigenvalue weighted by Crippen LogP contribution is -2.51. The number of rotatable bonds is 12. The standard InChI is InChI=1S/C25H33FN4O4/c1-5-25(2,3)29-24(33)23(18-9-11-19(26)12-10-18)30(16-17-34-4)22(32)14-13-21(31)28-20-8-6-7-15-27-20/h6-12,15,23H,5,13-14,16-17H2,1-4H3,(H,29,33)(H,27,28,31)/t23-/m1/s1. The van der Waals surface area contributed by atoms with Gasteiger partial charge < -0.3 is 20.3 Å². The van der Waals surface area contributed by atoms with E-state index >= 15 is 0 Å². The maximum atomic E-state index is 13.6. The number of pyridine rings is 1. The maximum absolute atomic E-state index is 13.6. The second-order valence-electron chi connectivity index (χ2n) is 8.52. The topological polar surface area (TPSA) is 101 Å². The van der Waals surface area contributed by atoms with Gasteiger partial charge in [0.1, 0.15) is 17.7 Å². The third kappa shape index (κ3) is 8.22. The van der Waals surface area contributed by atoms with Gasteiger partial charge in [-0.3, -0.25) is 14.4 Å². The number of aromatic nitrogens is 1. The Labute approximate surface area is 199 Å². The number of nitrogens with zero attached hydrogens (tertiary/aromatic N) is 2. The number of nitrogens with one attached hydrogen (secondary N) is 2. The van der Waals surface area contributed by atoms with Gasteiger partial charge in [-0.15, -0.1) is 0 Å². The smallest absolute Gasteiger partial charge is 0.247 e. The van der Waals surface area contributed by atoms with Crippen LogP contribution in [-0.4, -0.2) is 53.4 Å². The maximum Gasteiger partial charge on any atom is 0.247 e. The number of anilines is 1. The number of carbonyl (C=O) groups excluding carboxylic acids is 3. The van der Waals surface area contributed by atoms with Gasteiger partial charge in [0.05, 0.1) is 6.61 Å². The number of carbonyl (C=O) groups is 3. The fraction of sp³-hybridized carbons (Fsp3) is 0.440. The number of ether oxygens (including phenoxy) is 1. The van der Waals surface area contributed by atoms with Crippen molar-refractivity contribution in [3.05, 3.63) is 60.0 Å². The van der Waals surface area contributed by atoms with Gasteiger partial charge in [0.2, 0.25) is 17.7 Å². The average molecular weight is 473 g/mol. The summed E-state index contributed by atoms with van der Waals surface area (Å²) in [4.78, 5) is 44.4.